The molecule has 0 bridgehead atoms. The number of anilines is 1. The molecule has 2 aromatic rings. The Morgan fingerprint density at radius 3 is 2.14 bits per heavy atom. The number of rotatable bonds is 4. The van der Waals surface area contributed by atoms with Gasteiger partial charge in [-0.15, -0.1) is 0 Å². The van der Waals surface area contributed by atoms with Gasteiger partial charge in [-0.3, -0.25) is 0 Å². The molecule has 0 aromatic heterocycles. The molecule has 2 rings (SSSR count). The van der Waals surface area contributed by atoms with Crippen LogP contribution in [0.3, 0.4) is 0 Å². The second-order valence-corrected chi connectivity index (χ2v) is 5.36. The summed E-state index contributed by atoms with van der Waals surface area (Å²) in [6.07, 6.45) is 0. The summed E-state index contributed by atoms with van der Waals surface area (Å²) in [6, 6.07) is 12.3. The van der Waals surface area contributed by atoms with Gasteiger partial charge in [0.05, 0.1) is 0 Å². The van der Waals surface area contributed by atoms with E-state index >= 15 is 0 Å². The van der Waals surface area contributed by atoms with Gasteiger partial charge in [0.25, 0.3) is 0 Å². The van der Waals surface area contributed by atoms with Crippen LogP contribution in [0.2, 0.25) is 10.0 Å². The Kier molecular flexibility index (Phi) is 5.44. The second-order valence-electron chi connectivity index (χ2n) is 4.49. The van der Waals surface area contributed by atoms with Gasteiger partial charge in [-0.1, -0.05) is 47.5 Å². The summed E-state index contributed by atoms with van der Waals surface area (Å²) in [5, 5.41) is 6.37. The van der Waals surface area contributed by atoms with Crippen LogP contribution in [0, 0.1) is 0 Å². The summed E-state index contributed by atoms with van der Waals surface area (Å²) in [4.78, 5) is 11.8. The summed E-state index contributed by atoms with van der Waals surface area (Å²) < 4.78 is 0. The van der Waals surface area contributed by atoms with Crippen molar-refractivity contribution in [1.82, 2.24) is 5.32 Å². The maximum Gasteiger partial charge on any atom is 0.319 e. The van der Waals surface area contributed by atoms with Gasteiger partial charge in [-0.2, -0.15) is 0 Å². The minimum absolute atomic E-state index is 0.323. The maximum atomic E-state index is 11.8. The van der Waals surface area contributed by atoms with Gasteiger partial charge in [0.15, 0.2) is 0 Å². The number of hydrogen-bond donors (Lipinski definition) is 3. The van der Waals surface area contributed by atoms with Gasteiger partial charge in [-0.25, -0.2) is 4.79 Å². The summed E-state index contributed by atoms with van der Waals surface area (Å²) >= 11 is 11.7. The fourth-order valence-electron chi connectivity index (χ4n) is 1.78. The minimum Gasteiger partial charge on any atom is -0.334 e. The Bertz CT molecular complexity index is 609. The Labute approximate surface area is 133 Å². The van der Waals surface area contributed by atoms with Gasteiger partial charge in [0.2, 0.25) is 0 Å². The number of carbonyl (C=O) groups excluding carboxylic acids is 1. The number of carbonyl (C=O) groups is 1. The van der Waals surface area contributed by atoms with Crippen molar-refractivity contribution in [2.75, 3.05) is 5.32 Å². The van der Waals surface area contributed by atoms with Crippen LogP contribution in [0.1, 0.15) is 11.1 Å². The van der Waals surface area contributed by atoms with Crippen molar-refractivity contribution in [2.45, 2.75) is 13.1 Å². The van der Waals surface area contributed by atoms with Gasteiger partial charge in [0.1, 0.15) is 0 Å². The van der Waals surface area contributed by atoms with Crippen molar-refractivity contribution in [2.24, 2.45) is 5.73 Å². The Balaban J connectivity index is 1.89. The summed E-state index contributed by atoms with van der Waals surface area (Å²) in [5.41, 5.74) is 8.12. The van der Waals surface area contributed by atoms with E-state index in [4.69, 9.17) is 28.9 Å². The monoisotopic (exact) mass is 323 g/mol. The van der Waals surface area contributed by atoms with Crippen LogP contribution in [-0.4, -0.2) is 6.03 Å². The third-order valence-corrected chi connectivity index (χ3v) is 3.27. The van der Waals surface area contributed by atoms with Crippen molar-refractivity contribution in [3.63, 3.8) is 0 Å². The average molecular weight is 324 g/mol. The van der Waals surface area contributed by atoms with E-state index in [0.29, 0.717) is 28.8 Å². The lowest BCUT2D eigenvalue weighted by Gasteiger charge is -2.09. The smallest absolute Gasteiger partial charge is 0.319 e. The highest BCUT2D eigenvalue weighted by atomic mass is 35.5. The standard InChI is InChI=1S/C15H15Cl2N3O/c16-12-5-13(17)7-14(6-12)20-15(21)19-9-11-3-1-10(8-18)2-4-11/h1-7H,8-9,18H2,(H2,19,20,21). The third-order valence-electron chi connectivity index (χ3n) is 2.83. The average Bonchev–Trinajstić information content (AvgIpc) is 2.44. The normalized spacial score (nSPS) is 10.2. The van der Waals surface area contributed by atoms with Crippen molar-refractivity contribution >= 4 is 34.9 Å². The van der Waals surface area contributed by atoms with E-state index in [1.54, 1.807) is 18.2 Å². The Hall–Kier alpha value is -1.75. The molecule has 0 atom stereocenters. The lowest BCUT2D eigenvalue weighted by atomic mass is 10.1. The molecule has 0 aliphatic carbocycles. The van der Waals surface area contributed by atoms with Gasteiger partial charge < -0.3 is 16.4 Å². The number of halogens is 2. The molecule has 2 amide bonds. The van der Waals surface area contributed by atoms with Gasteiger partial charge in [-0.05, 0) is 29.3 Å². The SMILES string of the molecule is NCc1ccc(CNC(=O)Nc2cc(Cl)cc(Cl)c2)cc1. The van der Waals surface area contributed by atoms with E-state index < -0.39 is 0 Å². The molecule has 0 radical (unpaired) electrons. The molecule has 0 heterocycles. The molecule has 4 N–H and O–H groups in total. The zero-order chi connectivity index (χ0) is 15.2. The number of urea groups is 1. The first kappa shape index (κ1) is 15.6. The predicted molar refractivity (Wildman–Crippen MR) is 86.7 cm³/mol. The molecule has 0 saturated carbocycles. The minimum atomic E-state index is -0.323. The molecule has 6 heteroatoms. The lowest BCUT2D eigenvalue weighted by Crippen LogP contribution is -2.28. The van der Waals surface area contributed by atoms with Crippen LogP contribution in [0.25, 0.3) is 0 Å². The fourth-order valence-corrected chi connectivity index (χ4v) is 2.30. The molecular weight excluding hydrogens is 309 g/mol. The highest BCUT2D eigenvalue weighted by molar-refractivity contribution is 6.35. The third kappa shape index (κ3) is 4.93. The van der Waals surface area contributed by atoms with Crippen LogP contribution in [-0.2, 0) is 13.1 Å². The molecular formula is C15H15Cl2N3O. The first-order chi connectivity index (χ1) is 10.1. The van der Waals surface area contributed by atoms with E-state index in [-0.39, 0.29) is 6.03 Å². The van der Waals surface area contributed by atoms with Crippen molar-refractivity contribution in [3.05, 3.63) is 63.6 Å². The van der Waals surface area contributed by atoms with Crippen molar-refractivity contribution < 1.29 is 4.79 Å². The summed E-state index contributed by atoms with van der Waals surface area (Å²) in [6.45, 7) is 0.925. The largest absolute Gasteiger partial charge is 0.334 e. The van der Waals surface area contributed by atoms with E-state index in [0.717, 1.165) is 11.1 Å². The first-order valence-electron chi connectivity index (χ1n) is 6.35. The molecule has 4 nitrogen and oxygen atoms in total. The molecule has 0 saturated heterocycles. The van der Waals surface area contributed by atoms with Crippen LogP contribution < -0.4 is 16.4 Å². The summed E-state index contributed by atoms with van der Waals surface area (Å²) in [5.74, 6) is 0. The van der Waals surface area contributed by atoms with Crippen LogP contribution in [0.4, 0.5) is 10.5 Å². The molecule has 21 heavy (non-hydrogen) atoms. The van der Waals surface area contributed by atoms with Gasteiger partial charge in [0, 0.05) is 28.8 Å². The lowest BCUT2D eigenvalue weighted by molar-refractivity contribution is 0.251. The van der Waals surface area contributed by atoms with Crippen molar-refractivity contribution in [1.29, 1.82) is 0 Å². The molecule has 0 fully saturated rings. The molecule has 0 aliphatic rings. The molecule has 0 spiro atoms. The highest BCUT2D eigenvalue weighted by Crippen LogP contribution is 2.22. The van der Waals surface area contributed by atoms with E-state index in [9.17, 15) is 4.79 Å². The Morgan fingerprint density at radius 1 is 1.00 bits per heavy atom. The van der Waals surface area contributed by atoms with E-state index in [1.807, 2.05) is 24.3 Å². The van der Waals surface area contributed by atoms with E-state index in [1.165, 1.54) is 0 Å². The van der Waals surface area contributed by atoms with Crippen LogP contribution in [0.15, 0.2) is 42.5 Å². The zero-order valence-electron chi connectivity index (χ0n) is 11.2. The topological polar surface area (TPSA) is 67.1 Å². The van der Waals surface area contributed by atoms with Crippen molar-refractivity contribution in [3.8, 4) is 0 Å². The predicted octanol–water partition coefficient (Wildman–Crippen LogP) is 3.77. The number of hydrogen-bond acceptors (Lipinski definition) is 2. The number of benzene rings is 2. The maximum absolute atomic E-state index is 11.8. The highest BCUT2D eigenvalue weighted by Gasteiger charge is 2.04. The van der Waals surface area contributed by atoms with E-state index in [2.05, 4.69) is 10.6 Å². The Morgan fingerprint density at radius 2 is 1.57 bits per heavy atom. The molecule has 2 aromatic carbocycles. The number of nitrogens with two attached hydrogens (primary N) is 1. The molecule has 0 unspecified atom stereocenters. The molecule has 0 aliphatic heterocycles. The quantitative estimate of drug-likeness (QED) is 0.801. The van der Waals surface area contributed by atoms with Crippen LogP contribution in [0.5, 0.6) is 0 Å². The zero-order valence-corrected chi connectivity index (χ0v) is 12.7. The molecule has 110 valence electrons. The second kappa shape index (κ2) is 7.31. The fraction of sp³-hybridized carbons (Fsp3) is 0.133. The number of amides is 2. The summed E-state index contributed by atoms with van der Waals surface area (Å²) in [7, 11) is 0. The first-order valence-corrected chi connectivity index (χ1v) is 7.11. The van der Waals surface area contributed by atoms with Gasteiger partial charge >= 0.3 is 6.03 Å². The number of nitrogens with one attached hydrogen (secondary N) is 2. The van der Waals surface area contributed by atoms with Crippen LogP contribution >= 0.6 is 23.2 Å².